The Bertz CT molecular complexity index is 1310. The Kier molecular flexibility index (Phi) is 5.48. The van der Waals surface area contributed by atoms with Crippen LogP contribution in [-0.2, 0) is 13.0 Å². The molecule has 3 aromatic heterocycles. The molecule has 0 radical (unpaired) electrons. The Balaban J connectivity index is 1.38. The molecule has 2 N–H and O–H groups in total. The number of furan rings is 1. The first-order valence-corrected chi connectivity index (χ1v) is 11.7. The summed E-state index contributed by atoms with van der Waals surface area (Å²) >= 11 is 1.44. The number of rotatable bonds is 7. The zero-order valence-corrected chi connectivity index (χ0v) is 19.0. The number of hydrogen-bond acceptors (Lipinski definition) is 7. The van der Waals surface area contributed by atoms with Crippen molar-refractivity contribution in [2.45, 2.75) is 45.9 Å². The van der Waals surface area contributed by atoms with Crippen molar-refractivity contribution in [3.8, 4) is 22.8 Å². The number of nitrogens with zero attached hydrogens (tertiary/aromatic N) is 1. The third kappa shape index (κ3) is 3.80. The molecule has 8 heteroatoms. The molecule has 32 heavy (non-hydrogen) atoms. The van der Waals surface area contributed by atoms with E-state index in [1.54, 1.807) is 6.26 Å². The number of hydrogen-bond donors (Lipinski definition) is 2. The van der Waals surface area contributed by atoms with Gasteiger partial charge >= 0.3 is 0 Å². The fourth-order valence-corrected chi connectivity index (χ4v) is 4.99. The monoisotopic (exact) mass is 451 g/mol. The van der Waals surface area contributed by atoms with Crippen LogP contribution in [0.15, 0.2) is 45.1 Å². The predicted molar refractivity (Wildman–Crippen MR) is 125 cm³/mol. The van der Waals surface area contributed by atoms with E-state index in [2.05, 4.69) is 29.4 Å². The van der Waals surface area contributed by atoms with E-state index in [1.807, 2.05) is 31.4 Å². The average Bonchev–Trinajstić information content (AvgIpc) is 3.50. The van der Waals surface area contributed by atoms with Gasteiger partial charge in [0.05, 0.1) is 24.3 Å². The summed E-state index contributed by atoms with van der Waals surface area (Å²) in [6.45, 7) is 7.19. The SMILES string of the molecule is CCOc1cc2c(cc1CN[C@H](C)c1nc3scc(-c4ccco4)c3c(=O)[nH]1)O[C@H](C)C2. The van der Waals surface area contributed by atoms with Gasteiger partial charge < -0.3 is 24.2 Å². The summed E-state index contributed by atoms with van der Waals surface area (Å²) in [5.74, 6) is 3.04. The number of aromatic nitrogens is 2. The van der Waals surface area contributed by atoms with E-state index in [9.17, 15) is 4.79 Å². The van der Waals surface area contributed by atoms with Gasteiger partial charge in [-0.3, -0.25) is 4.79 Å². The Labute approximate surface area is 189 Å². The molecule has 0 fully saturated rings. The zero-order valence-electron chi connectivity index (χ0n) is 18.2. The van der Waals surface area contributed by atoms with Gasteiger partial charge in [0.15, 0.2) is 0 Å². The zero-order chi connectivity index (χ0) is 22.2. The third-order valence-corrected chi connectivity index (χ3v) is 6.51. The Hall–Kier alpha value is -3.10. The van der Waals surface area contributed by atoms with E-state index >= 15 is 0 Å². The molecule has 4 aromatic rings. The molecule has 0 amide bonds. The normalized spacial score (nSPS) is 16.2. The van der Waals surface area contributed by atoms with Crippen molar-refractivity contribution in [1.82, 2.24) is 15.3 Å². The minimum absolute atomic E-state index is 0.163. The maximum Gasteiger partial charge on any atom is 0.260 e. The number of H-pyrrole nitrogens is 1. The summed E-state index contributed by atoms with van der Waals surface area (Å²) in [6, 6.07) is 7.62. The summed E-state index contributed by atoms with van der Waals surface area (Å²) in [6.07, 6.45) is 2.67. The molecular weight excluding hydrogens is 426 g/mol. The lowest BCUT2D eigenvalue weighted by Crippen LogP contribution is -2.23. The number of nitrogens with one attached hydrogen (secondary N) is 2. The Morgan fingerprint density at radius 3 is 3.06 bits per heavy atom. The third-order valence-electron chi connectivity index (χ3n) is 5.64. The maximum absolute atomic E-state index is 12.9. The van der Waals surface area contributed by atoms with Crippen LogP contribution in [0.25, 0.3) is 21.5 Å². The van der Waals surface area contributed by atoms with Crippen LogP contribution < -0.4 is 20.3 Å². The molecular formula is C24H25N3O4S. The van der Waals surface area contributed by atoms with E-state index in [4.69, 9.17) is 18.9 Å². The highest BCUT2D eigenvalue weighted by molar-refractivity contribution is 7.17. The first-order valence-electron chi connectivity index (χ1n) is 10.8. The van der Waals surface area contributed by atoms with E-state index in [0.717, 1.165) is 29.0 Å². The van der Waals surface area contributed by atoms with Gasteiger partial charge in [-0.15, -0.1) is 11.3 Å². The second-order valence-electron chi connectivity index (χ2n) is 7.99. The van der Waals surface area contributed by atoms with Crippen LogP contribution >= 0.6 is 11.3 Å². The molecule has 1 aromatic carbocycles. The minimum atomic E-state index is -0.166. The highest BCUT2D eigenvalue weighted by Gasteiger charge is 2.22. The van der Waals surface area contributed by atoms with Gasteiger partial charge in [-0.2, -0.15) is 0 Å². The summed E-state index contributed by atoms with van der Waals surface area (Å²) in [5.41, 5.74) is 2.80. The van der Waals surface area contributed by atoms with Crippen LogP contribution in [0.1, 0.15) is 43.8 Å². The predicted octanol–water partition coefficient (Wildman–Crippen LogP) is 4.82. The van der Waals surface area contributed by atoms with Crippen LogP contribution in [0.2, 0.25) is 0 Å². The van der Waals surface area contributed by atoms with Crippen LogP contribution in [0.4, 0.5) is 0 Å². The number of fused-ring (bicyclic) bond motifs is 2. The Morgan fingerprint density at radius 1 is 1.41 bits per heavy atom. The first kappa shape index (κ1) is 20.8. The fraction of sp³-hybridized carbons (Fsp3) is 0.333. The second kappa shape index (κ2) is 8.44. The molecule has 0 unspecified atom stereocenters. The summed E-state index contributed by atoms with van der Waals surface area (Å²) in [7, 11) is 0. The van der Waals surface area contributed by atoms with Crippen molar-refractivity contribution < 1.29 is 13.9 Å². The summed E-state index contributed by atoms with van der Waals surface area (Å²) < 4.78 is 17.3. The van der Waals surface area contributed by atoms with E-state index in [0.29, 0.717) is 35.0 Å². The average molecular weight is 452 g/mol. The topological polar surface area (TPSA) is 89.4 Å². The van der Waals surface area contributed by atoms with Gasteiger partial charge in [-0.1, -0.05) is 0 Å². The van der Waals surface area contributed by atoms with Crippen molar-refractivity contribution in [2.24, 2.45) is 0 Å². The van der Waals surface area contributed by atoms with Crippen LogP contribution in [0.5, 0.6) is 11.5 Å². The smallest absolute Gasteiger partial charge is 0.260 e. The molecule has 5 rings (SSSR count). The van der Waals surface area contributed by atoms with Crippen LogP contribution in [-0.4, -0.2) is 22.7 Å². The van der Waals surface area contributed by atoms with Gasteiger partial charge in [0.1, 0.15) is 34.0 Å². The van der Waals surface area contributed by atoms with Crippen LogP contribution in [0, 0.1) is 0 Å². The number of thiophene rings is 1. The van der Waals surface area contributed by atoms with Crippen molar-refractivity contribution in [2.75, 3.05) is 6.61 Å². The van der Waals surface area contributed by atoms with Crippen molar-refractivity contribution >= 4 is 21.6 Å². The molecule has 0 aliphatic carbocycles. The van der Waals surface area contributed by atoms with E-state index < -0.39 is 0 Å². The summed E-state index contributed by atoms with van der Waals surface area (Å²) in [5, 5.41) is 5.93. The molecule has 0 spiro atoms. The second-order valence-corrected chi connectivity index (χ2v) is 8.85. The lowest BCUT2D eigenvalue weighted by molar-refractivity contribution is 0.254. The van der Waals surface area contributed by atoms with Gasteiger partial charge in [-0.05, 0) is 45.0 Å². The highest BCUT2D eigenvalue weighted by atomic mass is 32.1. The van der Waals surface area contributed by atoms with Crippen molar-refractivity contribution in [3.63, 3.8) is 0 Å². The maximum atomic E-state index is 12.9. The number of benzene rings is 1. The molecule has 2 atom stereocenters. The first-order chi connectivity index (χ1) is 15.5. The number of ether oxygens (including phenoxy) is 2. The Morgan fingerprint density at radius 2 is 2.28 bits per heavy atom. The number of aromatic amines is 1. The van der Waals surface area contributed by atoms with Crippen molar-refractivity contribution in [1.29, 1.82) is 0 Å². The molecule has 7 nitrogen and oxygen atoms in total. The van der Waals surface area contributed by atoms with Gasteiger partial charge in [0.2, 0.25) is 0 Å². The largest absolute Gasteiger partial charge is 0.494 e. The molecule has 0 saturated carbocycles. The molecule has 0 bridgehead atoms. The molecule has 0 saturated heterocycles. The molecule has 1 aliphatic heterocycles. The van der Waals surface area contributed by atoms with E-state index in [-0.39, 0.29) is 17.7 Å². The standard InChI is InChI=1S/C24H25N3O4S/c1-4-29-19-9-15-8-13(2)31-20(15)10-16(19)11-25-14(3)22-26-23(28)21-17(12-32-24(21)27-22)18-6-5-7-30-18/h5-7,9-10,12-14,25H,4,8,11H2,1-3H3,(H,26,27,28)/t13-,14-/m1/s1. The van der Waals surface area contributed by atoms with Gasteiger partial charge in [-0.25, -0.2) is 4.98 Å². The minimum Gasteiger partial charge on any atom is -0.494 e. The van der Waals surface area contributed by atoms with Crippen molar-refractivity contribution in [3.05, 3.63) is 63.2 Å². The highest BCUT2D eigenvalue weighted by Crippen LogP contribution is 2.35. The van der Waals surface area contributed by atoms with E-state index in [1.165, 1.54) is 16.9 Å². The van der Waals surface area contributed by atoms with Crippen LogP contribution in [0.3, 0.4) is 0 Å². The van der Waals surface area contributed by atoms with Gasteiger partial charge in [0, 0.05) is 35.0 Å². The fourth-order valence-electron chi connectivity index (χ4n) is 4.05. The molecule has 166 valence electrons. The molecule has 1 aliphatic rings. The quantitative estimate of drug-likeness (QED) is 0.419. The lowest BCUT2D eigenvalue weighted by Gasteiger charge is -2.16. The molecule has 4 heterocycles. The van der Waals surface area contributed by atoms with Gasteiger partial charge in [0.25, 0.3) is 5.56 Å². The lowest BCUT2D eigenvalue weighted by atomic mass is 10.1. The summed E-state index contributed by atoms with van der Waals surface area (Å²) in [4.78, 5) is 21.2.